The summed E-state index contributed by atoms with van der Waals surface area (Å²) in [5.41, 5.74) is -0.847. The Kier molecular flexibility index (Phi) is 6.51. The van der Waals surface area contributed by atoms with E-state index >= 15 is 0 Å². The molecule has 2 N–H and O–H groups in total. The molecule has 0 fully saturated rings. The van der Waals surface area contributed by atoms with Gasteiger partial charge in [-0.3, -0.25) is 0 Å². The number of hydrogen-bond donors (Lipinski definition) is 2. The maximum Gasteiger partial charge on any atom is 0.162 e. The highest BCUT2D eigenvalue weighted by Crippen LogP contribution is 2.15. The van der Waals surface area contributed by atoms with Gasteiger partial charge in [-0.15, -0.1) is 0 Å². The number of nitrogens with one attached hydrogen (secondary N) is 1. The van der Waals surface area contributed by atoms with E-state index in [0.29, 0.717) is 19.7 Å². The molecule has 120 valence electrons. The Balaban J connectivity index is 2.37. The maximum atomic E-state index is 13.0. The molecule has 0 aliphatic carbocycles. The molecule has 2 atom stereocenters. The molecule has 21 heavy (non-hydrogen) atoms. The van der Waals surface area contributed by atoms with Gasteiger partial charge in [-0.25, -0.2) is 8.78 Å². The quantitative estimate of drug-likeness (QED) is 0.766. The molecule has 0 bridgehead atoms. The Hall–Kier alpha value is -1.24. The lowest BCUT2D eigenvalue weighted by Gasteiger charge is -2.28. The average Bonchev–Trinajstić information content (AvgIpc) is 2.36. The highest BCUT2D eigenvalue weighted by Gasteiger charge is 2.21. The Labute approximate surface area is 124 Å². The van der Waals surface area contributed by atoms with Crippen LogP contribution in [0.3, 0.4) is 0 Å². The fourth-order valence-corrected chi connectivity index (χ4v) is 1.98. The fraction of sp³-hybridized carbons (Fsp3) is 0.600. The molecule has 2 unspecified atom stereocenters. The second-order valence-corrected chi connectivity index (χ2v) is 5.90. The van der Waals surface area contributed by atoms with E-state index in [4.69, 9.17) is 4.74 Å². The van der Waals surface area contributed by atoms with Crippen molar-refractivity contribution in [2.45, 2.75) is 25.5 Å². The van der Waals surface area contributed by atoms with Crippen LogP contribution in [0.5, 0.6) is 5.75 Å². The molecule has 0 saturated carbocycles. The summed E-state index contributed by atoms with van der Waals surface area (Å²) in [4.78, 5) is 1.91. The van der Waals surface area contributed by atoms with Crippen molar-refractivity contribution in [1.29, 1.82) is 0 Å². The molecule has 0 aliphatic heterocycles. The zero-order chi connectivity index (χ0) is 16.0. The van der Waals surface area contributed by atoms with E-state index < -0.39 is 17.2 Å². The smallest absolute Gasteiger partial charge is 0.162 e. The molecule has 0 aliphatic rings. The first kappa shape index (κ1) is 17.8. The molecule has 1 aromatic carbocycles. The third kappa shape index (κ3) is 6.84. The molecule has 0 amide bonds. The zero-order valence-electron chi connectivity index (χ0n) is 13.0. The predicted molar refractivity (Wildman–Crippen MR) is 78.5 cm³/mol. The van der Waals surface area contributed by atoms with Crippen LogP contribution in [0.4, 0.5) is 8.78 Å². The molecule has 0 heterocycles. The van der Waals surface area contributed by atoms with Gasteiger partial charge in [0, 0.05) is 25.2 Å². The molecule has 6 heteroatoms. The van der Waals surface area contributed by atoms with Gasteiger partial charge in [0.1, 0.15) is 12.4 Å². The van der Waals surface area contributed by atoms with Gasteiger partial charge in [0.2, 0.25) is 0 Å². The van der Waals surface area contributed by atoms with Gasteiger partial charge in [-0.05, 0) is 40.1 Å². The second-order valence-electron chi connectivity index (χ2n) is 5.90. The third-order valence-corrected chi connectivity index (χ3v) is 2.88. The number of rotatable bonds is 8. The van der Waals surface area contributed by atoms with E-state index in [-0.39, 0.29) is 11.8 Å². The van der Waals surface area contributed by atoms with Crippen molar-refractivity contribution in [3.8, 4) is 5.75 Å². The minimum Gasteiger partial charge on any atom is -0.492 e. The van der Waals surface area contributed by atoms with Crippen molar-refractivity contribution in [3.05, 3.63) is 29.8 Å². The topological polar surface area (TPSA) is 44.7 Å². The summed E-state index contributed by atoms with van der Waals surface area (Å²) >= 11 is 0. The van der Waals surface area contributed by atoms with Crippen molar-refractivity contribution in [3.63, 3.8) is 0 Å². The van der Waals surface area contributed by atoms with Crippen molar-refractivity contribution in [2.24, 2.45) is 0 Å². The summed E-state index contributed by atoms with van der Waals surface area (Å²) in [5.74, 6) is -1.54. The average molecular weight is 302 g/mol. The summed E-state index contributed by atoms with van der Waals surface area (Å²) in [6, 6.07) is 3.40. The summed E-state index contributed by atoms with van der Waals surface area (Å²) in [5, 5.41) is 13.3. The van der Waals surface area contributed by atoms with Gasteiger partial charge in [0.15, 0.2) is 11.6 Å². The van der Waals surface area contributed by atoms with Gasteiger partial charge < -0.3 is 20.1 Å². The highest BCUT2D eigenvalue weighted by atomic mass is 19.2. The van der Waals surface area contributed by atoms with Crippen molar-refractivity contribution in [1.82, 2.24) is 10.2 Å². The maximum absolute atomic E-state index is 13.0. The van der Waals surface area contributed by atoms with Gasteiger partial charge in [0.05, 0.1) is 5.60 Å². The van der Waals surface area contributed by atoms with Gasteiger partial charge in [-0.1, -0.05) is 0 Å². The first-order valence-corrected chi connectivity index (χ1v) is 6.88. The number of aliphatic hydroxyl groups is 1. The van der Waals surface area contributed by atoms with Crippen LogP contribution in [0, 0.1) is 11.6 Å². The monoisotopic (exact) mass is 302 g/mol. The van der Waals surface area contributed by atoms with E-state index in [1.54, 1.807) is 6.92 Å². The first-order valence-electron chi connectivity index (χ1n) is 6.88. The molecule has 0 aromatic heterocycles. The van der Waals surface area contributed by atoms with Crippen LogP contribution in [0.1, 0.15) is 13.8 Å². The standard InChI is InChI=1S/C15H24F2N2O2/c1-11(18-9-15(2,20)10-19(3)4)8-21-12-5-6-13(16)14(17)7-12/h5-7,11,18,20H,8-10H2,1-4H3. The lowest BCUT2D eigenvalue weighted by Crippen LogP contribution is -2.48. The van der Waals surface area contributed by atoms with Gasteiger partial charge in [-0.2, -0.15) is 0 Å². The lowest BCUT2D eigenvalue weighted by molar-refractivity contribution is 0.0304. The van der Waals surface area contributed by atoms with Gasteiger partial charge in [0.25, 0.3) is 0 Å². The normalized spacial score (nSPS) is 15.8. The summed E-state index contributed by atoms with van der Waals surface area (Å²) in [6.45, 7) is 4.89. The SMILES string of the molecule is CC(COc1ccc(F)c(F)c1)NCC(C)(O)CN(C)C. The highest BCUT2D eigenvalue weighted by molar-refractivity contribution is 5.23. The number of ether oxygens (including phenoxy) is 1. The Bertz CT molecular complexity index is 453. The van der Waals surface area contributed by atoms with Crippen LogP contribution >= 0.6 is 0 Å². The van der Waals surface area contributed by atoms with Crippen LogP contribution < -0.4 is 10.1 Å². The molecule has 0 spiro atoms. The second kappa shape index (κ2) is 7.68. The zero-order valence-corrected chi connectivity index (χ0v) is 13.0. The molecule has 1 aromatic rings. The van der Waals surface area contributed by atoms with Gasteiger partial charge >= 0.3 is 0 Å². The molecule has 0 saturated heterocycles. The van der Waals surface area contributed by atoms with Crippen molar-refractivity contribution < 1.29 is 18.6 Å². The van der Waals surface area contributed by atoms with E-state index in [1.807, 2.05) is 25.9 Å². The van der Waals surface area contributed by atoms with E-state index in [0.717, 1.165) is 12.1 Å². The molecular formula is C15H24F2N2O2. The van der Waals surface area contributed by atoms with Crippen LogP contribution in [0.25, 0.3) is 0 Å². The van der Waals surface area contributed by atoms with Crippen LogP contribution in [0.15, 0.2) is 18.2 Å². The molecule has 4 nitrogen and oxygen atoms in total. The summed E-state index contributed by atoms with van der Waals surface area (Å²) in [7, 11) is 3.79. The summed E-state index contributed by atoms with van der Waals surface area (Å²) < 4.78 is 31.2. The van der Waals surface area contributed by atoms with E-state index in [1.165, 1.54) is 6.07 Å². The number of nitrogens with zero attached hydrogens (tertiary/aromatic N) is 1. The first-order chi connectivity index (χ1) is 9.69. The predicted octanol–water partition coefficient (Wildman–Crippen LogP) is 1.63. The Morgan fingerprint density at radius 3 is 2.57 bits per heavy atom. The van der Waals surface area contributed by atoms with Crippen molar-refractivity contribution in [2.75, 3.05) is 33.8 Å². The number of benzene rings is 1. The molecular weight excluding hydrogens is 278 g/mol. The number of halogens is 2. The minimum absolute atomic E-state index is 0.0354. The molecule has 0 radical (unpaired) electrons. The van der Waals surface area contributed by atoms with Crippen LogP contribution in [-0.2, 0) is 0 Å². The Morgan fingerprint density at radius 2 is 2.00 bits per heavy atom. The number of hydrogen-bond acceptors (Lipinski definition) is 4. The number of likely N-dealkylation sites (N-methyl/N-ethyl adjacent to an activating group) is 1. The third-order valence-electron chi connectivity index (χ3n) is 2.88. The summed E-state index contributed by atoms with van der Waals surface area (Å²) in [6.07, 6.45) is 0. The molecule has 1 rings (SSSR count). The lowest BCUT2D eigenvalue weighted by atomic mass is 10.1. The van der Waals surface area contributed by atoms with E-state index in [2.05, 4.69) is 5.32 Å². The Morgan fingerprint density at radius 1 is 1.33 bits per heavy atom. The van der Waals surface area contributed by atoms with E-state index in [9.17, 15) is 13.9 Å². The van der Waals surface area contributed by atoms with Crippen molar-refractivity contribution >= 4 is 0 Å². The minimum atomic E-state index is -0.929. The largest absolute Gasteiger partial charge is 0.492 e. The van der Waals surface area contributed by atoms with Crippen LogP contribution in [0.2, 0.25) is 0 Å². The van der Waals surface area contributed by atoms with Crippen LogP contribution in [-0.4, -0.2) is 55.4 Å². The fourth-order valence-electron chi connectivity index (χ4n) is 1.98.